The van der Waals surface area contributed by atoms with Crippen LogP contribution in [-0.4, -0.2) is 92.4 Å². The molecule has 2 aromatic rings. The number of oxime groups is 1. The molecule has 1 aromatic heterocycles. The molecule has 0 aliphatic carbocycles. The van der Waals surface area contributed by atoms with E-state index in [9.17, 15) is 24.3 Å². The third-order valence-electron chi connectivity index (χ3n) is 4.72. The molecule has 1 aromatic carbocycles. The summed E-state index contributed by atoms with van der Waals surface area (Å²) in [6.45, 7) is 2.38. The van der Waals surface area contributed by atoms with Crippen LogP contribution in [0.5, 0.6) is 5.75 Å². The number of nitrogens with one attached hydrogen (secondary N) is 2. The monoisotopic (exact) mass is 553 g/mol. The Bertz CT molecular complexity index is 1170. The van der Waals surface area contributed by atoms with Crippen molar-refractivity contribution in [2.24, 2.45) is 10.9 Å². The quantitative estimate of drug-likeness (QED) is 0.0684. The molecule has 0 saturated heterocycles. The number of carboxylic acids is 2. The summed E-state index contributed by atoms with van der Waals surface area (Å²) >= 11 is 1.07. The first-order valence-corrected chi connectivity index (χ1v) is 11.6. The molecule has 2 rings (SSSR count). The SMILES string of the molecule is CC(C)(O/N=C(\C=O)c1csc(NC(=O)CN)n1)C(=O)O.CNC(Cc1cccc(C(=O)O)c1O)B(O)O. The standard InChI is InChI=1S/C11H14N4O5S.C10H14BNO5/c1-11(2,9(18)19)20-15-6(4-16)7-5-21-10(13-7)14-8(17)3-12;1-12-8(11(16)17)5-6-3-2-4-7(9(6)13)10(14)15/h4-5H,3,12H2,1-2H3,(H,18,19)(H,13,14,17);2-4,8,12-13,16-17H,5H2,1H3,(H,14,15)/b15-6+;. The van der Waals surface area contributed by atoms with Gasteiger partial charge in [-0.2, -0.15) is 0 Å². The van der Waals surface area contributed by atoms with Gasteiger partial charge < -0.3 is 46.6 Å². The van der Waals surface area contributed by atoms with Crippen LogP contribution < -0.4 is 16.4 Å². The highest BCUT2D eigenvalue weighted by atomic mass is 32.1. The van der Waals surface area contributed by atoms with Crippen molar-refractivity contribution >= 4 is 53.4 Å². The van der Waals surface area contributed by atoms with Gasteiger partial charge in [-0.3, -0.25) is 9.59 Å². The minimum absolute atomic E-state index is 0.112. The Morgan fingerprint density at radius 1 is 1.29 bits per heavy atom. The number of benzene rings is 1. The Balaban J connectivity index is 0.000000389. The summed E-state index contributed by atoms with van der Waals surface area (Å²) in [6.07, 6.45) is 0.489. The number of anilines is 1. The van der Waals surface area contributed by atoms with Crippen LogP contribution >= 0.6 is 11.3 Å². The highest BCUT2D eigenvalue weighted by Crippen LogP contribution is 2.24. The van der Waals surface area contributed by atoms with E-state index in [0.29, 0.717) is 11.8 Å². The lowest BCUT2D eigenvalue weighted by Crippen LogP contribution is -2.43. The number of thiazole rings is 1. The number of aliphatic carboxylic acids is 1. The predicted molar refractivity (Wildman–Crippen MR) is 137 cm³/mol. The third-order valence-corrected chi connectivity index (χ3v) is 5.48. The van der Waals surface area contributed by atoms with E-state index < -0.39 is 36.5 Å². The lowest BCUT2D eigenvalue weighted by molar-refractivity contribution is -0.161. The molecule has 0 spiro atoms. The summed E-state index contributed by atoms with van der Waals surface area (Å²) in [6, 6.07) is 4.31. The minimum Gasteiger partial charge on any atom is -0.507 e. The topological polar surface area (TPSA) is 254 Å². The van der Waals surface area contributed by atoms with Gasteiger partial charge in [-0.1, -0.05) is 17.3 Å². The van der Waals surface area contributed by atoms with Crippen LogP contribution in [0.2, 0.25) is 0 Å². The molecule has 15 nitrogen and oxygen atoms in total. The van der Waals surface area contributed by atoms with E-state index in [4.69, 9.17) is 30.8 Å². The number of nitrogens with zero attached hydrogens (tertiary/aromatic N) is 2. The van der Waals surface area contributed by atoms with Gasteiger partial charge in [-0.25, -0.2) is 14.6 Å². The van der Waals surface area contributed by atoms with Gasteiger partial charge in [0.1, 0.15) is 17.0 Å². The van der Waals surface area contributed by atoms with Crippen LogP contribution in [0.25, 0.3) is 0 Å². The van der Waals surface area contributed by atoms with Crippen molar-refractivity contribution in [3.63, 3.8) is 0 Å². The molecule has 1 heterocycles. The van der Waals surface area contributed by atoms with Gasteiger partial charge in [0.05, 0.1) is 6.54 Å². The Hall–Kier alpha value is -3.90. The van der Waals surface area contributed by atoms with Gasteiger partial charge in [0.2, 0.25) is 11.5 Å². The first-order valence-electron chi connectivity index (χ1n) is 10.7. The van der Waals surface area contributed by atoms with Gasteiger partial charge in [-0.05, 0) is 38.9 Å². The summed E-state index contributed by atoms with van der Waals surface area (Å²) in [7, 11) is -0.0461. The van der Waals surface area contributed by atoms with Crippen molar-refractivity contribution in [2.45, 2.75) is 31.8 Å². The van der Waals surface area contributed by atoms with E-state index in [2.05, 4.69) is 20.8 Å². The normalized spacial score (nSPS) is 12.0. The molecule has 0 fully saturated rings. The number of rotatable bonds is 12. The van der Waals surface area contributed by atoms with Crippen LogP contribution in [0.1, 0.15) is 35.5 Å². The lowest BCUT2D eigenvalue weighted by Gasteiger charge is -2.16. The van der Waals surface area contributed by atoms with Gasteiger partial charge in [0.25, 0.3) is 0 Å². The van der Waals surface area contributed by atoms with Crippen molar-refractivity contribution in [1.29, 1.82) is 0 Å². The van der Waals surface area contributed by atoms with Gasteiger partial charge in [-0.15, -0.1) is 11.3 Å². The summed E-state index contributed by atoms with van der Waals surface area (Å²) in [5.74, 6) is -3.91. The molecule has 1 atom stereocenters. The summed E-state index contributed by atoms with van der Waals surface area (Å²) < 4.78 is 0. The maximum absolute atomic E-state index is 11.1. The molecule has 0 saturated carbocycles. The van der Waals surface area contributed by atoms with Crippen LogP contribution in [0.3, 0.4) is 0 Å². The van der Waals surface area contributed by atoms with E-state index in [1.54, 1.807) is 7.05 Å². The maximum atomic E-state index is 11.1. The number of phenols is 1. The molecule has 38 heavy (non-hydrogen) atoms. The number of aromatic nitrogens is 1. The highest BCUT2D eigenvalue weighted by Gasteiger charge is 2.30. The molecule has 1 unspecified atom stereocenters. The Kier molecular flexibility index (Phi) is 12.5. The van der Waals surface area contributed by atoms with Crippen LogP contribution in [0, 0.1) is 0 Å². The molecule has 1 amide bonds. The smallest absolute Gasteiger partial charge is 0.469 e. The molecule has 17 heteroatoms. The lowest BCUT2D eigenvalue weighted by atomic mass is 9.76. The highest BCUT2D eigenvalue weighted by molar-refractivity contribution is 7.14. The van der Waals surface area contributed by atoms with E-state index >= 15 is 0 Å². The average molecular weight is 553 g/mol. The number of aldehydes is 1. The number of para-hydroxylation sites is 1. The van der Waals surface area contributed by atoms with Crippen molar-refractivity contribution in [2.75, 3.05) is 18.9 Å². The fraction of sp³-hybridized carbons (Fsp3) is 0.333. The minimum atomic E-state index is -1.59. The number of amides is 1. The second-order valence-corrected chi connectivity index (χ2v) is 8.78. The van der Waals surface area contributed by atoms with Crippen LogP contribution in [0.4, 0.5) is 5.13 Å². The van der Waals surface area contributed by atoms with Crippen molar-refractivity contribution in [3.05, 3.63) is 40.4 Å². The fourth-order valence-electron chi connectivity index (χ4n) is 2.47. The first-order chi connectivity index (χ1) is 17.8. The van der Waals surface area contributed by atoms with E-state index in [-0.39, 0.29) is 40.8 Å². The summed E-state index contributed by atoms with van der Waals surface area (Å²) in [4.78, 5) is 52.5. The maximum Gasteiger partial charge on any atom is 0.469 e. The van der Waals surface area contributed by atoms with E-state index in [1.807, 2.05) is 0 Å². The number of hydrogen-bond acceptors (Lipinski definition) is 13. The number of carboxylic acid groups (broad SMARTS) is 2. The Morgan fingerprint density at radius 2 is 1.95 bits per heavy atom. The Labute approximate surface area is 221 Å². The Morgan fingerprint density at radius 3 is 2.45 bits per heavy atom. The summed E-state index contributed by atoms with van der Waals surface area (Å²) in [5, 5.41) is 55.8. The summed E-state index contributed by atoms with van der Waals surface area (Å²) in [5.41, 5.74) is 3.67. The molecule has 0 aliphatic heterocycles. The zero-order chi connectivity index (χ0) is 29.0. The molecule has 0 bridgehead atoms. The number of carbonyl (C=O) groups is 4. The molecule has 206 valence electrons. The number of carbonyl (C=O) groups excluding carboxylic acids is 2. The predicted octanol–water partition coefficient (Wildman–Crippen LogP) is -0.944. The largest absolute Gasteiger partial charge is 0.507 e. The van der Waals surface area contributed by atoms with Crippen LogP contribution in [-0.2, 0) is 25.6 Å². The average Bonchev–Trinajstić information content (AvgIpc) is 3.31. The van der Waals surface area contributed by atoms with Crippen LogP contribution in [0.15, 0.2) is 28.7 Å². The molecule has 9 N–H and O–H groups in total. The third kappa shape index (κ3) is 9.53. The number of aromatic hydroxyl groups is 1. The second-order valence-electron chi connectivity index (χ2n) is 7.92. The van der Waals surface area contributed by atoms with Gasteiger partial charge in [0.15, 0.2) is 17.1 Å². The molecule has 0 radical (unpaired) electrons. The van der Waals surface area contributed by atoms with E-state index in [0.717, 1.165) is 11.3 Å². The molecular formula is C21H28BN5O10S. The van der Waals surface area contributed by atoms with Gasteiger partial charge >= 0.3 is 19.1 Å². The second kappa shape index (κ2) is 14.7. The zero-order valence-electron chi connectivity index (χ0n) is 20.6. The van der Waals surface area contributed by atoms with Crippen molar-refractivity contribution in [3.8, 4) is 5.75 Å². The molecular weight excluding hydrogens is 525 g/mol. The van der Waals surface area contributed by atoms with E-state index in [1.165, 1.54) is 37.4 Å². The van der Waals surface area contributed by atoms with Crippen molar-refractivity contribution in [1.82, 2.24) is 10.3 Å². The number of aromatic carboxylic acids is 1. The van der Waals surface area contributed by atoms with Gasteiger partial charge in [0, 0.05) is 11.3 Å². The fourth-order valence-corrected chi connectivity index (χ4v) is 3.19. The number of hydrogen-bond donors (Lipinski definition) is 8. The first kappa shape index (κ1) is 32.1. The molecule has 0 aliphatic rings. The number of nitrogens with two attached hydrogens (primary N) is 1. The number of likely N-dealkylation sites (N-methyl/N-ethyl adjacent to an activating group) is 1. The van der Waals surface area contributed by atoms with Crippen molar-refractivity contribution < 1.29 is 49.4 Å². The zero-order valence-corrected chi connectivity index (χ0v) is 21.4.